The quantitative estimate of drug-likeness (QED) is 0.623. The van der Waals surface area contributed by atoms with Gasteiger partial charge in [0.15, 0.2) is 6.61 Å². The lowest BCUT2D eigenvalue weighted by molar-refractivity contribution is -0.140. The number of ketones is 1. The van der Waals surface area contributed by atoms with Crippen LogP contribution in [-0.4, -0.2) is 39.2 Å². The van der Waals surface area contributed by atoms with E-state index in [1.807, 2.05) is 26.0 Å². The Hall–Kier alpha value is -3.00. The number of amidine groups is 1. The topological polar surface area (TPSA) is 102 Å². The summed E-state index contributed by atoms with van der Waals surface area (Å²) in [5.41, 5.74) is 2.65. The van der Waals surface area contributed by atoms with Crippen molar-refractivity contribution in [2.75, 3.05) is 13.2 Å². The van der Waals surface area contributed by atoms with E-state index in [9.17, 15) is 18.0 Å². The lowest BCUT2D eigenvalue weighted by Crippen LogP contribution is -2.24. The normalized spacial score (nSPS) is 15.9. The van der Waals surface area contributed by atoms with Crippen LogP contribution in [0.2, 0.25) is 0 Å². The van der Waals surface area contributed by atoms with Crippen LogP contribution in [0.15, 0.2) is 52.4 Å². The second-order valence-electron chi connectivity index (χ2n) is 6.17. The Balaban J connectivity index is 1.63. The standard InChI is InChI=1S/C19H18N2O5S/c1-12-7-8-13(2)15(9-12)16(22)11-26-18(23)10-20-19-14-5-3-4-6-17(14)27(24,25)21-19/h3-9H,10-11H2,1-2H3,(H,20,21). The third-order valence-electron chi connectivity index (χ3n) is 4.09. The lowest BCUT2D eigenvalue weighted by Gasteiger charge is -2.07. The molecule has 1 aliphatic rings. The van der Waals surface area contributed by atoms with Gasteiger partial charge in [-0.2, -0.15) is 0 Å². The number of rotatable bonds is 5. The van der Waals surface area contributed by atoms with Crippen molar-refractivity contribution in [2.24, 2.45) is 4.99 Å². The van der Waals surface area contributed by atoms with Crippen molar-refractivity contribution in [2.45, 2.75) is 18.7 Å². The number of hydrogen-bond donors (Lipinski definition) is 1. The van der Waals surface area contributed by atoms with Gasteiger partial charge in [0.05, 0.1) is 4.90 Å². The zero-order valence-electron chi connectivity index (χ0n) is 14.9. The van der Waals surface area contributed by atoms with Crippen LogP contribution in [0.4, 0.5) is 0 Å². The van der Waals surface area contributed by atoms with Crippen LogP contribution in [0, 0.1) is 13.8 Å². The summed E-state index contributed by atoms with van der Waals surface area (Å²) in [7, 11) is -3.66. The molecule has 0 saturated carbocycles. The van der Waals surface area contributed by atoms with Gasteiger partial charge in [0.2, 0.25) is 5.78 Å². The molecule has 0 saturated heterocycles. The van der Waals surface area contributed by atoms with Crippen molar-refractivity contribution in [3.05, 3.63) is 64.7 Å². The number of aliphatic imine (C=N–C) groups is 1. The molecular formula is C19H18N2O5S. The highest BCUT2D eigenvalue weighted by Crippen LogP contribution is 2.22. The third-order valence-corrected chi connectivity index (χ3v) is 5.48. The summed E-state index contributed by atoms with van der Waals surface area (Å²) in [4.78, 5) is 28.2. The molecule has 1 N–H and O–H groups in total. The monoisotopic (exact) mass is 386 g/mol. The molecule has 0 aliphatic carbocycles. The fraction of sp³-hybridized carbons (Fsp3) is 0.211. The first-order valence-electron chi connectivity index (χ1n) is 8.20. The molecule has 140 valence electrons. The van der Waals surface area contributed by atoms with Crippen LogP contribution in [0.3, 0.4) is 0 Å². The van der Waals surface area contributed by atoms with E-state index < -0.39 is 29.1 Å². The third kappa shape index (κ3) is 4.06. The molecule has 0 amide bonds. The van der Waals surface area contributed by atoms with Gasteiger partial charge in [0, 0.05) is 11.1 Å². The van der Waals surface area contributed by atoms with E-state index in [1.165, 1.54) is 6.07 Å². The van der Waals surface area contributed by atoms with Gasteiger partial charge in [-0.3, -0.25) is 19.3 Å². The summed E-state index contributed by atoms with van der Waals surface area (Å²) in [6.45, 7) is 2.89. The predicted octanol–water partition coefficient (Wildman–Crippen LogP) is 1.77. The second-order valence-corrected chi connectivity index (χ2v) is 7.82. The van der Waals surface area contributed by atoms with Crippen LogP contribution in [0.1, 0.15) is 27.0 Å². The zero-order valence-corrected chi connectivity index (χ0v) is 15.7. The number of nitrogens with one attached hydrogen (secondary N) is 1. The number of ether oxygens (including phenoxy) is 1. The van der Waals surface area contributed by atoms with Gasteiger partial charge in [-0.25, -0.2) is 8.42 Å². The molecule has 0 radical (unpaired) electrons. The Bertz CT molecular complexity index is 1060. The average molecular weight is 386 g/mol. The molecule has 2 aromatic rings. The van der Waals surface area contributed by atoms with E-state index in [4.69, 9.17) is 4.74 Å². The van der Waals surface area contributed by atoms with Gasteiger partial charge in [-0.15, -0.1) is 0 Å². The minimum Gasteiger partial charge on any atom is -0.456 e. The van der Waals surface area contributed by atoms with E-state index in [2.05, 4.69) is 9.71 Å². The Morgan fingerprint density at radius 3 is 2.63 bits per heavy atom. The number of esters is 1. The SMILES string of the molecule is Cc1ccc(C)c(C(=O)COC(=O)CN=C2NS(=O)(=O)c3ccccc32)c1. The summed E-state index contributed by atoms with van der Waals surface area (Å²) in [6.07, 6.45) is 0. The molecule has 0 unspecified atom stereocenters. The Morgan fingerprint density at radius 2 is 1.85 bits per heavy atom. The molecule has 0 aromatic heterocycles. The van der Waals surface area contributed by atoms with E-state index in [-0.39, 0.29) is 16.5 Å². The Labute approximate surface area is 157 Å². The van der Waals surface area contributed by atoms with E-state index in [0.29, 0.717) is 11.1 Å². The van der Waals surface area contributed by atoms with E-state index in [0.717, 1.165) is 11.1 Å². The van der Waals surface area contributed by atoms with Gasteiger partial charge in [0.25, 0.3) is 10.0 Å². The number of Topliss-reactive ketones (excluding diaryl/α,β-unsaturated/α-hetero) is 1. The van der Waals surface area contributed by atoms with Gasteiger partial charge < -0.3 is 4.74 Å². The molecule has 3 rings (SSSR count). The van der Waals surface area contributed by atoms with Crippen LogP contribution in [0.5, 0.6) is 0 Å². The zero-order chi connectivity index (χ0) is 19.6. The largest absolute Gasteiger partial charge is 0.456 e. The number of carbonyl (C=O) groups excluding carboxylic acids is 2. The van der Waals surface area contributed by atoms with Crippen LogP contribution in [0.25, 0.3) is 0 Å². The van der Waals surface area contributed by atoms with E-state index >= 15 is 0 Å². The fourth-order valence-electron chi connectivity index (χ4n) is 2.70. The number of aryl methyl sites for hydroxylation is 2. The van der Waals surface area contributed by atoms with Crippen LogP contribution < -0.4 is 4.72 Å². The molecule has 0 bridgehead atoms. The highest BCUT2D eigenvalue weighted by Gasteiger charge is 2.30. The molecular weight excluding hydrogens is 368 g/mol. The minimum atomic E-state index is -3.66. The van der Waals surface area contributed by atoms with Gasteiger partial charge in [-0.1, -0.05) is 29.8 Å². The summed E-state index contributed by atoms with van der Waals surface area (Å²) in [5, 5.41) is 0. The van der Waals surface area contributed by atoms with E-state index in [1.54, 1.807) is 24.3 Å². The molecule has 8 heteroatoms. The Morgan fingerprint density at radius 1 is 1.11 bits per heavy atom. The molecule has 0 fully saturated rings. The maximum Gasteiger partial charge on any atom is 0.328 e. The summed E-state index contributed by atoms with van der Waals surface area (Å²) >= 11 is 0. The maximum atomic E-state index is 12.2. The van der Waals surface area contributed by atoms with Gasteiger partial charge >= 0.3 is 5.97 Å². The number of hydrogen-bond acceptors (Lipinski definition) is 6. The highest BCUT2D eigenvalue weighted by molar-refractivity contribution is 7.90. The fourth-order valence-corrected chi connectivity index (χ4v) is 3.95. The van der Waals surface area contributed by atoms with Gasteiger partial charge in [-0.05, 0) is 37.6 Å². The van der Waals surface area contributed by atoms with Crippen LogP contribution in [-0.2, 0) is 19.6 Å². The predicted molar refractivity (Wildman–Crippen MR) is 99.4 cm³/mol. The molecule has 27 heavy (non-hydrogen) atoms. The smallest absolute Gasteiger partial charge is 0.328 e. The van der Waals surface area contributed by atoms with Crippen LogP contribution >= 0.6 is 0 Å². The number of benzene rings is 2. The second kappa shape index (κ2) is 7.32. The molecule has 7 nitrogen and oxygen atoms in total. The molecule has 0 spiro atoms. The summed E-state index contributed by atoms with van der Waals surface area (Å²) in [6, 6.07) is 11.8. The van der Waals surface area contributed by atoms with Crippen molar-refractivity contribution in [1.29, 1.82) is 0 Å². The minimum absolute atomic E-state index is 0.0865. The van der Waals surface area contributed by atoms with Crippen molar-refractivity contribution in [1.82, 2.24) is 4.72 Å². The first kappa shape index (κ1) is 18.8. The molecule has 2 aromatic carbocycles. The number of sulfonamides is 1. The molecule has 1 heterocycles. The number of fused-ring (bicyclic) bond motifs is 1. The molecule has 0 atom stereocenters. The first-order valence-corrected chi connectivity index (χ1v) is 9.69. The van der Waals surface area contributed by atoms with Gasteiger partial charge in [0.1, 0.15) is 12.4 Å². The average Bonchev–Trinajstić information content (AvgIpc) is 2.91. The molecule has 1 aliphatic heterocycles. The highest BCUT2D eigenvalue weighted by atomic mass is 32.2. The first-order chi connectivity index (χ1) is 12.8. The Kier molecular flexibility index (Phi) is 5.09. The maximum absolute atomic E-state index is 12.2. The van der Waals surface area contributed by atoms with Crippen molar-refractivity contribution >= 4 is 27.6 Å². The number of nitrogens with zero attached hydrogens (tertiary/aromatic N) is 1. The summed E-state index contributed by atoms with van der Waals surface area (Å²) in [5.74, 6) is -0.933. The summed E-state index contributed by atoms with van der Waals surface area (Å²) < 4.78 is 31.3. The van der Waals surface area contributed by atoms with Crippen molar-refractivity contribution < 1.29 is 22.7 Å². The lowest BCUT2D eigenvalue weighted by atomic mass is 10.0. The van der Waals surface area contributed by atoms with Crippen molar-refractivity contribution in [3.63, 3.8) is 0 Å². The van der Waals surface area contributed by atoms with Crippen molar-refractivity contribution in [3.8, 4) is 0 Å². The number of carbonyl (C=O) groups is 2.